The van der Waals surface area contributed by atoms with Crippen LogP contribution in [0.5, 0.6) is 0 Å². The Kier molecular flexibility index (Phi) is 6.13. The van der Waals surface area contributed by atoms with Crippen LogP contribution in [0.4, 0.5) is 17.2 Å². The first-order chi connectivity index (χ1) is 12.6. The molecule has 9 heteroatoms. The Bertz CT molecular complexity index is 762. The maximum atomic E-state index is 12.2. The van der Waals surface area contributed by atoms with E-state index >= 15 is 0 Å². The molecule has 0 bridgehead atoms. The fourth-order valence-corrected chi connectivity index (χ4v) is 3.21. The van der Waals surface area contributed by atoms with Crippen LogP contribution in [0, 0.1) is 0 Å². The van der Waals surface area contributed by atoms with E-state index in [4.69, 9.17) is 23.2 Å². The predicted molar refractivity (Wildman–Crippen MR) is 105 cm³/mol. The number of nitrogens with one attached hydrogen (secondary N) is 2. The van der Waals surface area contributed by atoms with Crippen molar-refractivity contribution in [3.63, 3.8) is 0 Å². The molecule has 1 amide bonds. The number of amides is 1. The molecule has 7 nitrogen and oxygen atoms in total. The van der Waals surface area contributed by atoms with Gasteiger partial charge in [0.05, 0.1) is 6.54 Å². The van der Waals surface area contributed by atoms with E-state index in [0.717, 1.165) is 43.4 Å². The Morgan fingerprint density at radius 2 is 1.81 bits per heavy atom. The van der Waals surface area contributed by atoms with Crippen LogP contribution in [0.25, 0.3) is 0 Å². The molecule has 2 aromatic rings. The van der Waals surface area contributed by atoms with Gasteiger partial charge in [0, 0.05) is 43.9 Å². The summed E-state index contributed by atoms with van der Waals surface area (Å²) in [7, 11) is 1.80. The van der Waals surface area contributed by atoms with Gasteiger partial charge in [0.1, 0.15) is 12.0 Å². The number of hydrogen-bond acceptors (Lipinski definition) is 6. The number of piperazine rings is 1. The van der Waals surface area contributed by atoms with Gasteiger partial charge in [-0.2, -0.15) is 0 Å². The van der Waals surface area contributed by atoms with Crippen molar-refractivity contribution >= 4 is 46.3 Å². The van der Waals surface area contributed by atoms with Crippen molar-refractivity contribution in [1.29, 1.82) is 0 Å². The van der Waals surface area contributed by atoms with E-state index in [1.807, 2.05) is 0 Å². The van der Waals surface area contributed by atoms with Crippen LogP contribution in [-0.2, 0) is 4.79 Å². The second-order valence-electron chi connectivity index (χ2n) is 5.93. The number of nitrogens with zero attached hydrogens (tertiary/aromatic N) is 4. The highest BCUT2D eigenvalue weighted by Crippen LogP contribution is 2.29. The monoisotopic (exact) mass is 394 g/mol. The van der Waals surface area contributed by atoms with E-state index in [9.17, 15) is 4.79 Å². The van der Waals surface area contributed by atoms with E-state index in [-0.39, 0.29) is 5.91 Å². The second-order valence-corrected chi connectivity index (χ2v) is 6.73. The van der Waals surface area contributed by atoms with E-state index in [1.165, 1.54) is 6.33 Å². The van der Waals surface area contributed by atoms with Gasteiger partial charge >= 0.3 is 0 Å². The van der Waals surface area contributed by atoms with Gasteiger partial charge < -0.3 is 15.5 Å². The van der Waals surface area contributed by atoms with Crippen LogP contribution >= 0.6 is 23.2 Å². The van der Waals surface area contributed by atoms with Gasteiger partial charge in [-0.25, -0.2) is 9.97 Å². The van der Waals surface area contributed by atoms with Crippen LogP contribution in [-0.4, -0.2) is 60.5 Å². The van der Waals surface area contributed by atoms with Gasteiger partial charge in [0.2, 0.25) is 5.91 Å². The van der Waals surface area contributed by atoms with Crippen molar-refractivity contribution in [2.45, 2.75) is 0 Å². The maximum absolute atomic E-state index is 12.2. The number of halogens is 2. The van der Waals surface area contributed by atoms with Crippen LogP contribution < -0.4 is 15.5 Å². The summed E-state index contributed by atoms with van der Waals surface area (Å²) in [5, 5.41) is 6.98. The Labute approximate surface area is 162 Å². The van der Waals surface area contributed by atoms with E-state index in [2.05, 4.69) is 30.4 Å². The van der Waals surface area contributed by atoms with Crippen LogP contribution in [0.1, 0.15) is 0 Å². The van der Waals surface area contributed by atoms with Gasteiger partial charge in [-0.05, 0) is 24.3 Å². The molecule has 0 aliphatic carbocycles. The average Bonchev–Trinajstić information content (AvgIpc) is 2.64. The molecule has 0 radical (unpaired) electrons. The first-order valence-electron chi connectivity index (χ1n) is 8.28. The summed E-state index contributed by atoms with van der Waals surface area (Å²) in [6, 6.07) is 7.08. The zero-order chi connectivity index (χ0) is 18.5. The highest BCUT2D eigenvalue weighted by Gasteiger charge is 2.22. The van der Waals surface area contributed by atoms with Gasteiger partial charge in [-0.3, -0.25) is 9.69 Å². The molecule has 3 rings (SSSR count). The standard InChI is InChI=1S/C17H20Cl2N6O/c1-20-15-16(19)21-11-22-17(15)25-8-6-24(7-9-25)10-14(26)23-13-4-2-12(18)3-5-13/h2-5,11,20H,6-10H2,1H3,(H,23,26). The summed E-state index contributed by atoms with van der Waals surface area (Å²) < 4.78 is 0. The molecular formula is C17H20Cl2N6O. The molecule has 138 valence electrons. The van der Waals surface area contributed by atoms with E-state index in [1.54, 1.807) is 31.3 Å². The lowest BCUT2D eigenvalue weighted by molar-refractivity contribution is -0.117. The van der Waals surface area contributed by atoms with Gasteiger partial charge in [-0.1, -0.05) is 23.2 Å². The van der Waals surface area contributed by atoms with Gasteiger partial charge in [0.25, 0.3) is 0 Å². The zero-order valence-electron chi connectivity index (χ0n) is 14.4. The highest BCUT2D eigenvalue weighted by molar-refractivity contribution is 6.32. The third-order valence-electron chi connectivity index (χ3n) is 4.20. The molecule has 2 N–H and O–H groups in total. The van der Waals surface area contributed by atoms with Crippen molar-refractivity contribution in [2.75, 3.05) is 55.3 Å². The fraction of sp³-hybridized carbons (Fsp3) is 0.353. The van der Waals surface area contributed by atoms with Crippen molar-refractivity contribution < 1.29 is 4.79 Å². The van der Waals surface area contributed by atoms with Crippen LogP contribution in [0.3, 0.4) is 0 Å². The van der Waals surface area contributed by atoms with Crippen LogP contribution in [0.15, 0.2) is 30.6 Å². The summed E-state index contributed by atoms with van der Waals surface area (Å²) in [6.07, 6.45) is 1.46. The summed E-state index contributed by atoms with van der Waals surface area (Å²) >= 11 is 12.0. The van der Waals surface area contributed by atoms with Crippen molar-refractivity contribution in [1.82, 2.24) is 14.9 Å². The number of hydrogen-bond donors (Lipinski definition) is 2. The molecule has 0 spiro atoms. The van der Waals surface area contributed by atoms with Crippen molar-refractivity contribution in [3.05, 3.63) is 40.8 Å². The molecule has 26 heavy (non-hydrogen) atoms. The van der Waals surface area contributed by atoms with Gasteiger partial charge in [0.15, 0.2) is 11.0 Å². The van der Waals surface area contributed by atoms with E-state index in [0.29, 0.717) is 16.7 Å². The summed E-state index contributed by atoms with van der Waals surface area (Å²) in [5.74, 6) is 0.750. The second kappa shape index (κ2) is 8.53. The first-order valence-corrected chi connectivity index (χ1v) is 9.03. The summed E-state index contributed by atoms with van der Waals surface area (Å²) in [5.41, 5.74) is 1.47. The van der Waals surface area contributed by atoms with Gasteiger partial charge in [-0.15, -0.1) is 0 Å². The maximum Gasteiger partial charge on any atom is 0.238 e. The minimum absolute atomic E-state index is 0.0400. The minimum atomic E-state index is -0.0400. The summed E-state index contributed by atoms with van der Waals surface area (Å²) in [4.78, 5) is 24.8. The summed E-state index contributed by atoms with van der Waals surface area (Å²) in [6.45, 7) is 3.39. The van der Waals surface area contributed by atoms with Crippen molar-refractivity contribution in [3.8, 4) is 0 Å². The Morgan fingerprint density at radius 1 is 1.12 bits per heavy atom. The molecule has 1 aliphatic heterocycles. The molecule has 1 aromatic carbocycles. The largest absolute Gasteiger partial charge is 0.383 e. The Balaban J connectivity index is 1.53. The smallest absolute Gasteiger partial charge is 0.238 e. The molecule has 1 saturated heterocycles. The average molecular weight is 395 g/mol. The number of carbonyl (C=O) groups excluding carboxylic acids is 1. The molecule has 0 unspecified atom stereocenters. The quantitative estimate of drug-likeness (QED) is 0.759. The van der Waals surface area contributed by atoms with Crippen molar-refractivity contribution in [2.24, 2.45) is 0 Å². The Morgan fingerprint density at radius 3 is 2.46 bits per heavy atom. The normalized spacial score (nSPS) is 15.0. The molecular weight excluding hydrogens is 375 g/mol. The number of benzene rings is 1. The number of carbonyl (C=O) groups is 1. The Hall–Kier alpha value is -2.09. The zero-order valence-corrected chi connectivity index (χ0v) is 15.9. The fourth-order valence-electron chi connectivity index (χ4n) is 2.86. The lowest BCUT2D eigenvalue weighted by atomic mass is 10.3. The molecule has 1 aliphatic rings. The number of aromatic nitrogens is 2. The number of rotatable bonds is 5. The molecule has 0 atom stereocenters. The SMILES string of the molecule is CNc1c(Cl)ncnc1N1CCN(CC(=O)Nc2ccc(Cl)cc2)CC1. The molecule has 0 saturated carbocycles. The van der Waals surface area contributed by atoms with Crippen LogP contribution in [0.2, 0.25) is 10.2 Å². The molecule has 1 aromatic heterocycles. The predicted octanol–water partition coefficient (Wildman–Crippen LogP) is 2.59. The topological polar surface area (TPSA) is 73.4 Å². The lowest BCUT2D eigenvalue weighted by Gasteiger charge is -2.35. The third kappa shape index (κ3) is 4.55. The lowest BCUT2D eigenvalue weighted by Crippen LogP contribution is -2.49. The number of anilines is 3. The highest BCUT2D eigenvalue weighted by atomic mass is 35.5. The van der Waals surface area contributed by atoms with E-state index < -0.39 is 0 Å². The first kappa shape index (κ1) is 18.7. The minimum Gasteiger partial charge on any atom is -0.383 e. The third-order valence-corrected chi connectivity index (χ3v) is 4.74. The molecule has 1 fully saturated rings. The molecule has 2 heterocycles.